The molecule has 2 rings (SSSR count). The van der Waals surface area contributed by atoms with Gasteiger partial charge in [-0.3, -0.25) is 4.90 Å². The lowest BCUT2D eigenvalue weighted by molar-refractivity contribution is -0.147. The number of nitrogens with zero attached hydrogens (tertiary/aromatic N) is 3. The number of hydrogen-bond donors (Lipinski definition) is 1. The average Bonchev–Trinajstić information content (AvgIpc) is 2.75. The van der Waals surface area contributed by atoms with Crippen LogP contribution in [0.25, 0.3) is 0 Å². The van der Waals surface area contributed by atoms with Crippen molar-refractivity contribution in [2.75, 3.05) is 33.3 Å². The molecule has 0 saturated carbocycles. The molecule has 0 aromatic carbocycles. The van der Waals surface area contributed by atoms with Gasteiger partial charge in [0.25, 0.3) is 0 Å². The van der Waals surface area contributed by atoms with Gasteiger partial charge in [0.1, 0.15) is 0 Å². The van der Waals surface area contributed by atoms with Crippen molar-refractivity contribution in [3.63, 3.8) is 0 Å². The lowest BCUT2D eigenvalue weighted by Gasteiger charge is -2.29. The monoisotopic (exact) mass is 280 g/mol. The van der Waals surface area contributed by atoms with Crippen LogP contribution in [0.15, 0.2) is 12.5 Å². The molecule has 0 radical (unpaired) electrons. The molecule has 20 heavy (non-hydrogen) atoms. The number of rotatable bonds is 4. The number of methoxy groups -OCH3 is 1. The molecule has 0 amide bonds. The van der Waals surface area contributed by atoms with Gasteiger partial charge in [-0.2, -0.15) is 0 Å². The molecule has 0 bridgehead atoms. The second-order valence-electron chi connectivity index (χ2n) is 5.38. The maximum absolute atomic E-state index is 12.3. The third-order valence-corrected chi connectivity index (χ3v) is 3.70. The number of ether oxygens (including phenoxy) is 1. The SMILES string of the molecule is COC(=O)C(c1cncn1C(C)C)N1CCCNCC1. The van der Waals surface area contributed by atoms with Crippen LogP contribution in [0.3, 0.4) is 0 Å². The first kappa shape index (κ1) is 15.0. The Bertz CT molecular complexity index is 436. The highest BCUT2D eigenvalue weighted by Gasteiger charge is 2.32. The fourth-order valence-corrected chi connectivity index (χ4v) is 2.65. The van der Waals surface area contributed by atoms with Crippen LogP contribution >= 0.6 is 0 Å². The maximum Gasteiger partial charge on any atom is 0.329 e. The van der Waals surface area contributed by atoms with Crippen LogP contribution in [0.4, 0.5) is 0 Å². The molecular weight excluding hydrogens is 256 g/mol. The number of imidazole rings is 1. The topological polar surface area (TPSA) is 59.4 Å². The molecule has 1 unspecified atom stereocenters. The van der Waals surface area contributed by atoms with Crippen LogP contribution in [0.5, 0.6) is 0 Å². The zero-order valence-electron chi connectivity index (χ0n) is 12.5. The van der Waals surface area contributed by atoms with Gasteiger partial charge < -0.3 is 14.6 Å². The zero-order valence-corrected chi connectivity index (χ0v) is 12.5. The largest absolute Gasteiger partial charge is 0.468 e. The van der Waals surface area contributed by atoms with Crippen molar-refractivity contribution in [3.05, 3.63) is 18.2 Å². The standard InChI is InChI=1S/C14H24N4O2/c1-11(2)18-10-16-9-12(18)13(14(19)20-3)17-7-4-5-15-6-8-17/h9-11,13,15H,4-8H2,1-3H3. The minimum absolute atomic E-state index is 0.214. The van der Waals surface area contributed by atoms with Crippen molar-refractivity contribution in [2.45, 2.75) is 32.4 Å². The van der Waals surface area contributed by atoms with E-state index in [2.05, 4.69) is 29.0 Å². The molecule has 1 aliphatic heterocycles. The smallest absolute Gasteiger partial charge is 0.329 e. The van der Waals surface area contributed by atoms with Crippen LogP contribution in [0, 0.1) is 0 Å². The van der Waals surface area contributed by atoms with Gasteiger partial charge in [0.05, 0.1) is 25.3 Å². The van der Waals surface area contributed by atoms with E-state index in [1.54, 1.807) is 12.5 Å². The van der Waals surface area contributed by atoms with Crippen LogP contribution in [-0.2, 0) is 9.53 Å². The summed E-state index contributed by atoms with van der Waals surface area (Å²) >= 11 is 0. The van der Waals surface area contributed by atoms with E-state index in [4.69, 9.17) is 4.74 Å². The predicted molar refractivity (Wildman–Crippen MR) is 76.4 cm³/mol. The zero-order chi connectivity index (χ0) is 14.5. The van der Waals surface area contributed by atoms with Gasteiger partial charge >= 0.3 is 5.97 Å². The Hall–Kier alpha value is -1.40. The van der Waals surface area contributed by atoms with Gasteiger partial charge in [-0.15, -0.1) is 0 Å². The van der Waals surface area contributed by atoms with E-state index in [-0.39, 0.29) is 18.1 Å². The lowest BCUT2D eigenvalue weighted by atomic mass is 10.1. The fourth-order valence-electron chi connectivity index (χ4n) is 2.65. The minimum Gasteiger partial charge on any atom is -0.468 e. The number of aromatic nitrogens is 2. The first-order valence-corrected chi connectivity index (χ1v) is 7.19. The Balaban J connectivity index is 2.31. The second kappa shape index (κ2) is 6.85. The van der Waals surface area contributed by atoms with E-state index in [1.165, 1.54) is 7.11 Å². The van der Waals surface area contributed by atoms with Gasteiger partial charge in [-0.1, -0.05) is 0 Å². The van der Waals surface area contributed by atoms with Crippen molar-refractivity contribution >= 4 is 5.97 Å². The Kier molecular flexibility index (Phi) is 5.14. The fraction of sp³-hybridized carbons (Fsp3) is 0.714. The van der Waals surface area contributed by atoms with E-state index in [0.29, 0.717) is 0 Å². The van der Waals surface area contributed by atoms with E-state index >= 15 is 0 Å². The van der Waals surface area contributed by atoms with Gasteiger partial charge in [-0.25, -0.2) is 9.78 Å². The first-order chi connectivity index (χ1) is 9.65. The summed E-state index contributed by atoms with van der Waals surface area (Å²) in [7, 11) is 1.45. The van der Waals surface area contributed by atoms with Crippen molar-refractivity contribution in [1.29, 1.82) is 0 Å². The lowest BCUT2D eigenvalue weighted by Crippen LogP contribution is -2.38. The molecule has 1 fully saturated rings. The van der Waals surface area contributed by atoms with Gasteiger partial charge in [-0.05, 0) is 26.8 Å². The Labute approximate surface area is 120 Å². The van der Waals surface area contributed by atoms with E-state index in [9.17, 15) is 4.79 Å². The van der Waals surface area contributed by atoms with Gasteiger partial charge in [0.2, 0.25) is 0 Å². The van der Waals surface area contributed by atoms with E-state index in [0.717, 1.165) is 38.3 Å². The van der Waals surface area contributed by atoms with Crippen LogP contribution < -0.4 is 5.32 Å². The Morgan fingerprint density at radius 2 is 2.20 bits per heavy atom. The maximum atomic E-state index is 12.3. The van der Waals surface area contributed by atoms with Crippen molar-refractivity contribution in [3.8, 4) is 0 Å². The summed E-state index contributed by atoms with van der Waals surface area (Å²) in [6.45, 7) is 7.78. The molecule has 0 aliphatic carbocycles. The molecule has 6 nitrogen and oxygen atoms in total. The molecule has 2 heterocycles. The highest BCUT2D eigenvalue weighted by atomic mass is 16.5. The molecule has 1 aliphatic rings. The highest BCUT2D eigenvalue weighted by Crippen LogP contribution is 2.25. The Morgan fingerprint density at radius 1 is 1.40 bits per heavy atom. The quantitative estimate of drug-likeness (QED) is 0.833. The molecule has 1 aromatic heterocycles. The van der Waals surface area contributed by atoms with Crippen molar-refractivity contribution in [2.24, 2.45) is 0 Å². The third-order valence-electron chi connectivity index (χ3n) is 3.70. The average molecular weight is 280 g/mol. The number of carbonyl (C=O) groups is 1. The molecule has 6 heteroatoms. The Morgan fingerprint density at radius 3 is 2.90 bits per heavy atom. The molecule has 1 atom stereocenters. The summed E-state index contributed by atoms with van der Waals surface area (Å²) < 4.78 is 7.06. The van der Waals surface area contributed by atoms with E-state index in [1.807, 2.05) is 4.57 Å². The first-order valence-electron chi connectivity index (χ1n) is 7.19. The van der Waals surface area contributed by atoms with Crippen molar-refractivity contribution < 1.29 is 9.53 Å². The number of esters is 1. The summed E-state index contributed by atoms with van der Waals surface area (Å²) in [5, 5.41) is 3.36. The minimum atomic E-state index is -0.371. The summed E-state index contributed by atoms with van der Waals surface area (Å²) in [5.74, 6) is -0.214. The third kappa shape index (κ3) is 3.19. The normalized spacial score (nSPS) is 18.8. The van der Waals surface area contributed by atoms with Crippen LogP contribution in [-0.4, -0.2) is 53.7 Å². The van der Waals surface area contributed by atoms with E-state index < -0.39 is 0 Å². The second-order valence-corrected chi connectivity index (χ2v) is 5.38. The van der Waals surface area contributed by atoms with Gasteiger partial charge in [0, 0.05) is 25.7 Å². The highest BCUT2D eigenvalue weighted by molar-refractivity contribution is 5.77. The molecule has 1 saturated heterocycles. The molecular formula is C14H24N4O2. The number of carbonyl (C=O) groups excluding carboxylic acids is 1. The van der Waals surface area contributed by atoms with Crippen LogP contribution in [0.2, 0.25) is 0 Å². The molecule has 112 valence electrons. The van der Waals surface area contributed by atoms with Crippen LogP contribution in [0.1, 0.15) is 38.0 Å². The summed E-state index contributed by atoms with van der Waals surface area (Å²) in [6.07, 6.45) is 4.59. The molecule has 0 spiro atoms. The van der Waals surface area contributed by atoms with Crippen molar-refractivity contribution in [1.82, 2.24) is 19.8 Å². The molecule has 1 N–H and O–H groups in total. The number of hydrogen-bond acceptors (Lipinski definition) is 5. The predicted octanol–water partition coefficient (Wildman–Crippen LogP) is 0.973. The summed E-state index contributed by atoms with van der Waals surface area (Å²) in [4.78, 5) is 18.7. The summed E-state index contributed by atoms with van der Waals surface area (Å²) in [6, 6.07) is -0.102. The number of nitrogens with one attached hydrogen (secondary N) is 1. The van der Waals surface area contributed by atoms with Gasteiger partial charge in [0.15, 0.2) is 6.04 Å². The molecule has 1 aromatic rings. The summed E-state index contributed by atoms with van der Waals surface area (Å²) in [5.41, 5.74) is 0.911.